The largest absolute Gasteiger partial charge is 0.490 e. The molecule has 5 heteroatoms. The van der Waals surface area contributed by atoms with E-state index in [0.29, 0.717) is 16.8 Å². The van der Waals surface area contributed by atoms with Crippen LogP contribution in [0.3, 0.4) is 0 Å². The third kappa shape index (κ3) is 4.34. The van der Waals surface area contributed by atoms with Gasteiger partial charge in [-0.3, -0.25) is 0 Å². The zero-order valence-electron chi connectivity index (χ0n) is 14.7. The zero-order chi connectivity index (χ0) is 18.5. The summed E-state index contributed by atoms with van der Waals surface area (Å²) in [5.41, 5.74) is 2.79. The molecule has 2 aromatic carbocycles. The highest BCUT2D eigenvalue weighted by Crippen LogP contribution is 2.29. The number of ether oxygens (including phenoxy) is 1. The molecule has 1 aliphatic carbocycles. The summed E-state index contributed by atoms with van der Waals surface area (Å²) in [6.07, 6.45) is 4.69. The predicted molar refractivity (Wildman–Crippen MR) is 99.2 cm³/mol. The number of carboxylic acid groups (broad SMARTS) is 1. The Bertz CT molecular complexity index is 818. The lowest BCUT2D eigenvalue weighted by molar-refractivity contribution is -0.138. The molecule has 1 atom stereocenters. The van der Waals surface area contributed by atoms with Crippen LogP contribution in [0.5, 0.6) is 5.75 Å². The van der Waals surface area contributed by atoms with Gasteiger partial charge in [0.2, 0.25) is 0 Å². The van der Waals surface area contributed by atoms with Crippen molar-refractivity contribution in [2.45, 2.75) is 44.8 Å². The SMILES string of the molecule is Cc1cc(OC2CCCC2)cc(C(Nc2ccc(C#N)cc2)C(=O)O)c1. The van der Waals surface area contributed by atoms with E-state index in [1.165, 1.54) is 12.8 Å². The molecule has 1 aliphatic rings. The summed E-state index contributed by atoms with van der Waals surface area (Å²) in [5.74, 6) is -0.244. The van der Waals surface area contributed by atoms with Crippen molar-refractivity contribution >= 4 is 11.7 Å². The third-order valence-electron chi connectivity index (χ3n) is 4.58. The minimum absolute atomic E-state index is 0.222. The molecule has 0 amide bonds. The van der Waals surface area contributed by atoms with Gasteiger partial charge in [0, 0.05) is 5.69 Å². The Morgan fingerprint density at radius 1 is 1.23 bits per heavy atom. The Hall–Kier alpha value is -3.00. The van der Waals surface area contributed by atoms with Gasteiger partial charge < -0.3 is 15.2 Å². The molecule has 0 bridgehead atoms. The molecule has 0 aliphatic heterocycles. The minimum Gasteiger partial charge on any atom is -0.490 e. The monoisotopic (exact) mass is 350 g/mol. The fraction of sp³-hybridized carbons (Fsp3) is 0.333. The van der Waals surface area contributed by atoms with E-state index in [9.17, 15) is 9.90 Å². The topological polar surface area (TPSA) is 82.3 Å². The number of nitriles is 1. The number of nitrogens with zero attached hydrogens (tertiary/aromatic N) is 1. The Morgan fingerprint density at radius 2 is 1.92 bits per heavy atom. The van der Waals surface area contributed by atoms with Crippen molar-refractivity contribution in [3.63, 3.8) is 0 Å². The maximum Gasteiger partial charge on any atom is 0.330 e. The maximum absolute atomic E-state index is 11.8. The van der Waals surface area contributed by atoms with Gasteiger partial charge in [-0.1, -0.05) is 6.07 Å². The molecule has 26 heavy (non-hydrogen) atoms. The van der Waals surface area contributed by atoms with Crippen LogP contribution >= 0.6 is 0 Å². The highest BCUT2D eigenvalue weighted by atomic mass is 16.5. The van der Waals surface area contributed by atoms with Crippen LogP contribution in [-0.2, 0) is 4.79 Å². The lowest BCUT2D eigenvalue weighted by Gasteiger charge is -2.19. The van der Waals surface area contributed by atoms with Crippen molar-refractivity contribution in [2.24, 2.45) is 0 Å². The van der Waals surface area contributed by atoms with E-state index < -0.39 is 12.0 Å². The van der Waals surface area contributed by atoms with Gasteiger partial charge in [-0.15, -0.1) is 0 Å². The summed E-state index contributed by atoms with van der Waals surface area (Å²) >= 11 is 0. The fourth-order valence-corrected chi connectivity index (χ4v) is 3.31. The van der Waals surface area contributed by atoms with Gasteiger partial charge in [0.05, 0.1) is 17.7 Å². The highest BCUT2D eigenvalue weighted by molar-refractivity contribution is 5.79. The number of aryl methyl sites for hydroxylation is 1. The lowest BCUT2D eigenvalue weighted by atomic mass is 10.0. The molecule has 3 rings (SSSR count). The molecular formula is C21H22N2O3. The van der Waals surface area contributed by atoms with Gasteiger partial charge in [-0.05, 0) is 80.1 Å². The molecule has 5 nitrogen and oxygen atoms in total. The van der Waals surface area contributed by atoms with E-state index >= 15 is 0 Å². The Morgan fingerprint density at radius 3 is 2.54 bits per heavy atom. The lowest BCUT2D eigenvalue weighted by Crippen LogP contribution is -2.21. The summed E-state index contributed by atoms with van der Waals surface area (Å²) in [5, 5.41) is 21.6. The van der Waals surface area contributed by atoms with Crippen LogP contribution in [0.25, 0.3) is 0 Å². The van der Waals surface area contributed by atoms with Crippen molar-refractivity contribution < 1.29 is 14.6 Å². The number of anilines is 1. The summed E-state index contributed by atoms with van der Waals surface area (Å²) in [6, 6.07) is 13.5. The van der Waals surface area contributed by atoms with Gasteiger partial charge in [0.15, 0.2) is 6.04 Å². The van der Waals surface area contributed by atoms with Crippen molar-refractivity contribution in [3.8, 4) is 11.8 Å². The van der Waals surface area contributed by atoms with Crippen LogP contribution in [0.15, 0.2) is 42.5 Å². The Labute approximate surface area is 153 Å². The number of benzene rings is 2. The van der Waals surface area contributed by atoms with E-state index in [0.717, 1.165) is 24.2 Å². The number of hydrogen-bond acceptors (Lipinski definition) is 4. The second kappa shape index (κ2) is 7.92. The summed E-state index contributed by atoms with van der Waals surface area (Å²) < 4.78 is 6.05. The van der Waals surface area contributed by atoms with Gasteiger partial charge in [-0.2, -0.15) is 5.26 Å². The minimum atomic E-state index is -0.966. The van der Waals surface area contributed by atoms with Crippen LogP contribution in [-0.4, -0.2) is 17.2 Å². The van der Waals surface area contributed by atoms with Crippen LogP contribution in [0, 0.1) is 18.3 Å². The molecule has 0 heterocycles. The smallest absolute Gasteiger partial charge is 0.330 e. The normalized spacial score (nSPS) is 15.2. The van der Waals surface area contributed by atoms with E-state index in [2.05, 4.69) is 11.4 Å². The first kappa shape index (κ1) is 17.8. The number of aliphatic carboxylic acids is 1. The molecule has 1 fully saturated rings. The Balaban J connectivity index is 1.83. The first-order valence-corrected chi connectivity index (χ1v) is 8.83. The molecular weight excluding hydrogens is 328 g/mol. The average Bonchev–Trinajstić information content (AvgIpc) is 3.12. The first-order chi connectivity index (χ1) is 12.5. The third-order valence-corrected chi connectivity index (χ3v) is 4.58. The Kier molecular flexibility index (Phi) is 5.43. The molecule has 1 unspecified atom stereocenters. The fourth-order valence-electron chi connectivity index (χ4n) is 3.31. The van der Waals surface area contributed by atoms with Crippen LogP contribution in [0.2, 0.25) is 0 Å². The summed E-state index contributed by atoms with van der Waals surface area (Å²) in [4.78, 5) is 11.8. The average molecular weight is 350 g/mol. The molecule has 0 aromatic heterocycles. The number of carboxylic acids is 1. The van der Waals surface area contributed by atoms with Gasteiger partial charge in [-0.25, -0.2) is 4.79 Å². The van der Waals surface area contributed by atoms with Gasteiger partial charge >= 0.3 is 5.97 Å². The van der Waals surface area contributed by atoms with Crippen molar-refractivity contribution in [1.29, 1.82) is 5.26 Å². The van der Waals surface area contributed by atoms with Crippen molar-refractivity contribution in [2.75, 3.05) is 5.32 Å². The van der Waals surface area contributed by atoms with Crippen LogP contribution < -0.4 is 10.1 Å². The quantitative estimate of drug-likeness (QED) is 0.805. The van der Waals surface area contributed by atoms with E-state index in [-0.39, 0.29) is 6.10 Å². The summed E-state index contributed by atoms with van der Waals surface area (Å²) in [6.45, 7) is 1.94. The number of hydrogen-bond donors (Lipinski definition) is 2. The second-order valence-corrected chi connectivity index (χ2v) is 6.71. The number of rotatable bonds is 6. The predicted octanol–water partition coefficient (Wildman–Crippen LogP) is 4.43. The molecule has 0 saturated heterocycles. The van der Waals surface area contributed by atoms with Crippen molar-refractivity contribution in [3.05, 3.63) is 59.2 Å². The molecule has 0 spiro atoms. The standard InChI is InChI=1S/C21H22N2O3/c1-14-10-16(12-19(11-14)26-18-4-2-3-5-18)20(21(24)25)23-17-8-6-15(13-22)7-9-17/h6-12,18,20,23H,2-5H2,1H3,(H,24,25). The maximum atomic E-state index is 11.8. The summed E-state index contributed by atoms with van der Waals surface area (Å²) in [7, 11) is 0. The molecule has 134 valence electrons. The number of nitrogens with one attached hydrogen (secondary N) is 1. The van der Waals surface area contributed by atoms with Crippen molar-refractivity contribution in [1.82, 2.24) is 0 Å². The van der Waals surface area contributed by atoms with Gasteiger partial charge in [0.1, 0.15) is 5.75 Å². The van der Waals surface area contributed by atoms with E-state index in [1.807, 2.05) is 19.1 Å². The first-order valence-electron chi connectivity index (χ1n) is 8.83. The van der Waals surface area contributed by atoms with E-state index in [4.69, 9.17) is 10.00 Å². The second-order valence-electron chi connectivity index (χ2n) is 6.71. The molecule has 2 N–H and O–H groups in total. The van der Waals surface area contributed by atoms with Gasteiger partial charge in [0.25, 0.3) is 0 Å². The highest BCUT2D eigenvalue weighted by Gasteiger charge is 2.22. The van der Waals surface area contributed by atoms with Crippen LogP contribution in [0.1, 0.15) is 48.4 Å². The molecule has 0 radical (unpaired) electrons. The zero-order valence-corrected chi connectivity index (χ0v) is 14.7. The van der Waals surface area contributed by atoms with E-state index in [1.54, 1.807) is 30.3 Å². The number of carbonyl (C=O) groups is 1. The van der Waals surface area contributed by atoms with Crippen LogP contribution in [0.4, 0.5) is 5.69 Å². The molecule has 1 saturated carbocycles. The molecule has 2 aromatic rings.